The molecule has 0 aromatic carbocycles. The zero-order chi connectivity index (χ0) is 13.0. The van der Waals surface area contributed by atoms with E-state index in [4.69, 9.17) is 10.5 Å². The minimum Gasteiger partial charge on any atom is -0.397 e. The van der Waals surface area contributed by atoms with Crippen LogP contribution in [0.4, 0.5) is 5.69 Å². The summed E-state index contributed by atoms with van der Waals surface area (Å²) in [5, 5.41) is 0. The second-order valence-corrected chi connectivity index (χ2v) is 4.71. The van der Waals surface area contributed by atoms with Gasteiger partial charge >= 0.3 is 0 Å². The van der Waals surface area contributed by atoms with Gasteiger partial charge in [0.15, 0.2) is 0 Å². The first-order valence-corrected chi connectivity index (χ1v) is 6.21. The molecule has 0 unspecified atom stereocenters. The van der Waals surface area contributed by atoms with Gasteiger partial charge in [-0.15, -0.1) is 0 Å². The normalized spacial score (nSPS) is 14.5. The molecule has 2 N–H and O–H groups in total. The van der Waals surface area contributed by atoms with E-state index in [0.717, 1.165) is 12.5 Å². The minimum atomic E-state index is -0.0927. The summed E-state index contributed by atoms with van der Waals surface area (Å²) in [6.07, 6.45) is 5.62. The van der Waals surface area contributed by atoms with Crippen LogP contribution in [0.1, 0.15) is 23.2 Å². The number of pyridine rings is 1. The van der Waals surface area contributed by atoms with Gasteiger partial charge < -0.3 is 15.4 Å². The summed E-state index contributed by atoms with van der Waals surface area (Å²) in [4.78, 5) is 17.6. The average molecular weight is 249 g/mol. The van der Waals surface area contributed by atoms with Crippen molar-refractivity contribution in [3.63, 3.8) is 0 Å². The highest BCUT2D eigenvalue weighted by molar-refractivity contribution is 5.98. The quantitative estimate of drug-likeness (QED) is 0.768. The highest BCUT2D eigenvalue weighted by Gasteiger charge is 2.21. The van der Waals surface area contributed by atoms with Crippen LogP contribution in [0, 0.1) is 5.92 Å². The number of ether oxygens (including phenoxy) is 1. The molecule has 1 aliphatic rings. The SMILES string of the molecule is CN(CCOCC1CC1)C(=O)c1ccncc1N. The van der Waals surface area contributed by atoms with Crippen LogP contribution in [-0.2, 0) is 4.74 Å². The van der Waals surface area contributed by atoms with Crippen LogP contribution >= 0.6 is 0 Å². The van der Waals surface area contributed by atoms with Crippen LogP contribution in [0.25, 0.3) is 0 Å². The van der Waals surface area contributed by atoms with Crippen molar-refractivity contribution in [3.05, 3.63) is 24.0 Å². The molecule has 5 nitrogen and oxygen atoms in total. The third-order valence-electron chi connectivity index (χ3n) is 3.05. The molecule has 98 valence electrons. The third-order valence-corrected chi connectivity index (χ3v) is 3.05. The van der Waals surface area contributed by atoms with E-state index < -0.39 is 0 Å². The largest absolute Gasteiger partial charge is 0.397 e. The molecule has 0 saturated heterocycles. The lowest BCUT2D eigenvalue weighted by Crippen LogP contribution is -2.30. The van der Waals surface area contributed by atoms with Crippen LogP contribution in [0.2, 0.25) is 0 Å². The highest BCUT2D eigenvalue weighted by Crippen LogP contribution is 2.28. The summed E-state index contributed by atoms with van der Waals surface area (Å²) in [5.41, 5.74) is 6.63. The molecule has 5 heteroatoms. The zero-order valence-corrected chi connectivity index (χ0v) is 10.6. The Morgan fingerprint density at radius 3 is 3.06 bits per heavy atom. The van der Waals surface area contributed by atoms with Gasteiger partial charge in [-0.25, -0.2) is 0 Å². The Morgan fingerprint density at radius 1 is 1.61 bits per heavy atom. The fourth-order valence-electron chi connectivity index (χ4n) is 1.64. The molecule has 2 rings (SSSR count). The Bertz CT molecular complexity index is 418. The standard InChI is InChI=1S/C13H19N3O2/c1-16(6-7-18-9-10-2-3-10)13(17)11-4-5-15-8-12(11)14/h4-5,8,10H,2-3,6-7,9,14H2,1H3. The van der Waals surface area contributed by atoms with Crippen molar-refractivity contribution in [2.24, 2.45) is 5.92 Å². The number of carbonyl (C=O) groups is 1. The maximum atomic E-state index is 12.1. The van der Waals surface area contributed by atoms with Crippen molar-refractivity contribution in [3.8, 4) is 0 Å². The van der Waals surface area contributed by atoms with Crippen LogP contribution < -0.4 is 5.73 Å². The van der Waals surface area contributed by atoms with E-state index >= 15 is 0 Å². The van der Waals surface area contributed by atoms with E-state index in [1.807, 2.05) is 0 Å². The topological polar surface area (TPSA) is 68.5 Å². The first-order valence-electron chi connectivity index (χ1n) is 6.21. The van der Waals surface area contributed by atoms with Gasteiger partial charge in [-0.05, 0) is 24.8 Å². The van der Waals surface area contributed by atoms with E-state index in [1.54, 1.807) is 24.2 Å². The number of hydrogen-bond acceptors (Lipinski definition) is 4. The lowest BCUT2D eigenvalue weighted by molar-refractivity contribution is 0.0682. The molecule has 1 aromatic heterocycles. The fourth-order valence-corrected chi connectivity index (χ4v) is 1.64. The second-order valence-electron chi connectivity index (χ2n) is 4.71. The number of anilines is 1. The van der Waals surface area contributed by atoms with Crippen LogP contribution in [0.15, 0.2) is 18.5 Å². The molecule has 1 saturated carbocycles. The van der Waals surface area contributed by atoms with Gasteiger partial charge in [0.2, 0.25) is 0 Å². The van der Waals surface area contributed by atoms with E-state index in [9.17, 15) is 4.79 Å². The molecule has 0 bridgehead atoms. The zero-order valence-electron chi connectivity index (χ0n) is 10.6. The Balaban J connectivity index is 1.78. The van der Waals surface area contributed by atoms with Gasteiger partial charge in [-0.3, -0.25) is 9.78 Å². The molecule has 0 atom stereocenters. The number of carbonyl (C=O) groups excluding carboxylic acids is 1. The molecule has 0 radical (unpaired) electrons. The summed E-state index contributed by atoms with van der Waals surface area (Å²) < 4.78 is 5.51. The Kier molecular flexibility index (Phi) is 4.15. The third kappa shape index (κ3) is 3.43. The van der Waals surface area contributed by atoms with Gasteiger partial charge in [-0.2, -0.15) is 0 Å². The molecule has 1 heterocycles. The Labute approximate surface area is 107 Å². The summed E-state index contributed by atoms with van der Waals surface area (Å²) in [6.45, 7) is 1.97. The number of rotatable bonds is 6. The molecule has 1 aliphatic carbocycles. The van der Waals surface area contributed by atoms with Gasteiger partial charge in [0.1, 0.15) is 0 Å². The first kappa shape index (κ1) is 12.8. The van der Waals surface area contributed by atoms with Crippen molar-refractivity contribution < 1.29 is 9.53 Å². The first-order chi connectivity index (χ1) is 8.68. The number of nitrogen functional groups attached to an aromatic ring is 1. The Morgan fingerprint density at radius 2 is 2.39 bits per heavy atom. The highest BCUT2D eigenvalue weighted by atomic mass is 16.5. The number of amides is 1. The second kappa shape index (κ2) is 5.82. The van der Waals surface area contributed by atoms with Crippen molar-refractivity contribution >= 4 is 11.6 Å². The molecule has 0 spiro atoms. The molecule has 1 amide bonds. The number of nitrogens with zero attached hydrogens (tertiary/aromatic N) is 2. The summed E-state index contributed by atoms with van der Waals surface area (Å²) in [7, 11) is 1.75. The van der Waals surface area contributed by atoms with Crippen LogP contribution in [-0.4, -0.2) is 42.6 Å². The van der Waals surface area contributed by atoms with Crippen molar-refractivity contribution in [2.45, 2.75) is 12.8 Å². The molecule has 0 aliphatic heterocycles. The lowest BCUT2D eigenvalue weighted by atomic mass is 10.2. The van der Waals surface area contributed by atoms with Crippen LogP contribution in [0.5, 0.6) is 0 Å². The smallest absolute Gasteiger partial charge is 0.255 e. The number of likely N-dealkylation sites (N-methyl/N-ethyl adjacent to an activating group) is 1. The number of aromatic nitrogens is 1. The van der Waals surface area contributed by atoms with Gasteiger partial charge in [0, 0.05) is 26.4 Å². The minimum absolute atomic E-state index is 0.0927. The number of nitrogens with two attached hydrogens (primary N) is 1. The average Bonchev–Trinajstić information content (AvgIpc) is 3.18. The van der Waals surface area contributed by atoms with E-state index in [2.05, 4.69) is 4.98 Å². The molecule has 18 heavy (non-hydrogen) atoms. The lowest BCUT2D eigenvalue weighted by Gasteiger charge is -2.17. The van der Waals surface area contributed by atoms with Gasteiger partial charge in [0.25, 0.3) is 5.91 Å². The monoisotopic (exact) mass is 249 g/mol. The van der Waals surface area contributed by atoms with Crippen molar-refractivity contribution in [1.29, 1.82) is 0 Å². The van der Waals surface area contributed by atoms with Crippen molar-refractivity contribution in [1.82, 2.24) is 9.88 Å². The van der Waals surface area contributed by atoms with Gasteiger partial charge in [-0.1, -0.05) is 0 Å². The predicted octanol–water partition coefficient (Wildman–Crippen LogP) is 1.16. The maximum absolute atomic E-state index is 12.1. The van der Waals surface area contributed by atoms with Crippen LogP contribution in [0.3, 0.4) is 0 Å². The summed E-state index contributed by atoms with van der Waals surface area (Å²) >= 11 is 0. The molecular formula is C13H19N3O2. The van der Waals surface area contributed by atoms with E-state index in [-0.39, 0.29) is 5.91 Å². The van der Waals surface area contributed by atoms with E-state index in [0.29, 0.717) is 24.4 Å². The predicted molar refractivity (Wildman–Crippen MR) is 69.2 cm³/mol. The maximum Gasteiger partial charge on any atom is 0.255 e. The van der Waals surface area contributed by atoms with Crippen molar-refractivity contribution in [2.75, 3.05) is 32.5 Å². The van der Waals surface area contributed by atoms with E-state index in [1.165, 1.54) is 19.0 Å². The Hall–Kier alpha value is -1.62. The van der Waals surface area contributed by atoms with Gasteiger partial charge in [0.05, 0.1) is 24.1 Å². The summed E-state index contributed by atoms with van der Waals surface area (Å²) in [6, 6.07) is 1.64. The fraction of sp³-hybridized carbons (Fsp3) is 0.538. The summed E-state index contributed by atoms with van der Waals surface area (Å²) in [5.74, 6) is 0.659. The number of hydrogen-bond donors (Lipinski definition) is 1. The molecule has 1 aromatic rings. The molecular weight excluding hydrogens is 230 g/mol. The molecule has 1 fully saturated rings.